The number of nitrogens with zero attached hydrogens (tertiary/aromatic N) is 1. The third-order valence-corrected chi connectivity index (χ3v) is 7.27. The van der Waals surface area contributed by atoms with Crippen LogP contribution in [0.1, 0.15) is 42.3 Å². The second-order valence-electron chi connectivity index (χ2n) is 9.74. The largest absolute Gasteiger partial charge is 0.476 e. The zero-order chi connectivity index (χ0) is 26.3. The van der Waals surface area contributed by atoms with Crippen molar-refractivity contribution in [3.63, 3.8) is 0 Å². The Hall–Kier alpha value is -3.36. The number of halogens is 1. The Labute approximate surface area is 216 Å². The maximum atomic E-state index is 13.0. The minimum absolute atomic E-state index is 0.0214. The van der Waals surface area contributed by atoms with Crippen molar-refractivity contribution in [2.24, 2.45) is 0 Å². The van der Waals surface area contributed by atoms with E-state index in [2.05, 4.69) is 26.1 Å². The fraction of sp³-hybridized carbons (Fsp3) is 0.259. The number of benzene rings is 3. The summed E-state index contributed by atoms with van der Waals surface area (Å²) in [6.45, 7) is 6.11. The summed E-state index contributed by atoms with van der Waals surface area (Å²) in [5.41, 5.74) is 2.74. The van der Waals surface area contributed by atoms with Gasteiger partial charge in [-0.05, 0) is 41.3 Å². The van der Waals surface area contributed by atoms with Gasteiger partial charge >= 0.3 is 0 Å². The number of nitrogens with one attached hydrogen (secondary N) is 1. The maximum absolute atomic E-state index is 13.0. The van der Waals surface area contributed by atoms with E-state index in [1.165, 1.54) is 12.1 Å². The molecular formula is C27H27ClN2O5S. The molecule has 1 aliphatic heterocycles. The molecule has 4 rings (SSSR count). The number of amides is 1. The minimum Gasteiger partial charge on any atom is -0.476 e. The van der Waals surface area contributed by atoms with Crippen LogP contribution in [0, 0.1) is 0 Å². The van der Waals surface area contributed by atoms with Crippen molar-refractivity contribution < 1.29 is 22.7 Å². The quantitative estimate of drug-likeness (QED) is 0.470. The van der Waals surface area contributed by atoms with Gasteiger partial charge in [0.05, 0.1) is 18.5 Å². The highest BCUT2D eigenvalue weighted by Gasteiger charge is 2.35. The standard InChI is InChI=1S/C27H27ClN2O5S/c1-27(2,3)19-10-8-17(9-11-19)25(31)18-6-5-7-21(14-18)29-26(32)24-16-30(36(4,33)34)22-15-20(28)12-13-23(22)35-24/h5-15,24H,16H2,1-4H3,(H,29,32)/t24-/m0/s1. The van der Waals surface area contributed by atoms with Gasteiger partial charge in [0.2, 0.25) is 10.0 Å². The Bertz CT molecular complexity index is 1430. The van der Waals surface area contributed by atoms with Gasteiger partial charge in [-0.3, -0.25) is 13.9 Å². The highest BCUT2D eigenvalue weighted by Crippen LogP contribution is 2.37. The molecule has 7 nitrogen and oxygen atoms in total. The number of ketones is 1. The van der Waals surface area contributed by atoms with Crippen molar-refractivity contribution in [3.05, 3.63) is 88.4 Å². The van der Waals surface area contributed by atoms with Gasteiger partial charge in [-0.1, -0.05) is 68.8 Å². The summed E-state index contributed by atoms with van der Waals surface area (Å²) in [5, 5.41) is 3.09. The average molecular weight is 527 g/mol. The zero-order valence-corrected chi connectivity index (χ0v) is 22.0. The summed E-state index contributed by atoms with van der Waals surface area (Å²) < 4.78 is 31.6. The van der Waals surface area contributed by atoms with Crippen molar-refractivity contribution in [2.45, 2.75) is 32.3 Å². The highest BCUT2D eigenvalue weighted by molar-refractivity contribution is 7.92. The number of rotatable bonds is 5. The molecule has 1 amide bonds. The van der Waals surface area contributed by atoms with Gasteiger partial charge in [-0.25, -0.2) is 8.42 Å². The lowest BCUT2D eigenvalue weighted by Gasteiger charge is -2.34. The van der Waals surface area contributed by atoms with Gasteiger partial charge < -0.3 is 10.1 Å². The lowest BCUT2D eigenvalue weighted by atomic mass is 9.86. The Balaban J connectivity index is 1.53. The maximum Gasteiger partial charge on any atom is 0.267 e. The van der Waals surface area contributed by atoms with Crippen LogP contribution >= 0.6 is 11.6 Å². The number of hydrogen-bond donors (Lipinski definition) is 1. The van der Waals surface area contributed by atoms with E-state index in [4.69, 9.17) is 16.3 Å². The zero-order valence-electron chi connectivity index (χ0n) is 20.4. The van der Waals surface area contributed by atoms with Crippen LogP contribution in [0.4, 0.5) is 11.4 Å². The van der Waals surface area contributed by atoms with Crippen LogP contribution < -0.4 is 14.4 Å². The number of carbonyl (C=O) groups excluding carboxylic acids is 2. The Morgan fingerprint density at radius 3 is 2.33 bits per heavy atom. The lowest BCUT2D eigenvalue weighted by molar-refractivity contribution is -0.122. The van der Waals surface area contributed by atoms with Gasteiger partial charge in [0.1, 0.15) is 5.75 Å². The summed E-state index contributed by atoms with van der Waals surface area (Å²) >= 11 is 6.03. The second kappa shape index (κ2) is 9.59. The van der Waals surface area contributed by atoms with Crippen LogP contribution in [-0.4, -0.2) is 39.0 Å². The third-order valence-electron chi connectivity index (χ3n) is 5.89. The molecule has 0 bridgehead atoms. The molecule has 3 aromatic carbocycles. The van der Waals surface area contributed by atoms with Crippen LogP contribution in [0.25, 0.3) is 0 Å². The highest BCUT2D eigenvalue weighted by atomic mass is 35.5. The van der Waals surface area contributed by atoms with Gasteiger partial charge in [-0.2, -0.15) is 0 Å². The van der Waals surface area contributed by atoms with Gasteiger partial charge in [0.15, 0.2) is 11.9 Å². The molecule has 188 valence electrons. The first-order chi connectivity index (χ1) is 16.8. The van der Waals surface area contributed by atoms with Crippen molar-refractivity contribution in [3.8, 4) is 5.75 Å². The monoisotopic (exact) mass is 526 g/mol. The Kier molecular flexibility index (Phi) is 6.86. The smallest absolute Gasteiger partial charge is 0.267 e. The summed E-state index contributed by atoms with van der Waals surface area (Å²) in [6, 6.07) is 18.6. The van der Waals surface area contributed by atoms with Crippen LogP contribution in [0.2, 0.25) is 5.02 Å². The average Bonchev–Trinajstić information content (AvgIpc) is 2.82. The molecular weight excluding hydrogens is 500 g/mol. The fourth-order valence-electron chi connectivity index (χ4n) is 3.92. The molecule has 1 N–H and O–H groups in total. The normalized spacial score (nSPS) is 15.6. The molecule has 1 atom stereocenters. The molecule has 0 saturated carbocycles. The van der Waals surface area contributed by atoms with Crippen molar-refractivity contribution in [1.29, 1.82) is 0 Å². The molecule has 3 aromatic rings. The molecule has 0 saturated heterocycles. The van der Waals surface area contributed by atoms with Crippen LogP contribution in [-0.2, 0) is 20.2 Å². The van der Waals surface area contributed by atoms with E-state index in [0.29, 0.717) is 21.8 Å². The Morgan fingerprint density at radius 2 is 1.69 bits per heavy atom. The molecule has 9 heteroatoms. The molecule has 0 aliphatic carbocycles. The summed E-state index contributed by atoms with van der Waals surface area (Å²) in [6.07, 6.45) is -0.0427. The number of sulfonamides is 1. The van der Waals surface area contributed by atoms with Gasteiger partial charge in [0, 0.05) is 21.8 Å². The minimum atomic E-state index is -3.69. The molecule has 0 spiro atoms. The van der Waals surface area contributed by atoms with Gasteiger partial charge in [-0.15, -0.1) is 0 Å². The summed E-state index contributed by atoms with van der Waals surface area (Å²) in [5.74, 6) is -0.475. The number of anilines is 2. The fourth-order valence-corrected chi connectivity index (χ4v) is 5.00. The van der Waals surface area contributed by atoms with E-state index in [1.807, 2.05) is 12.1 Å². The molecule has 1 aliphatic rings. The Morgan fingerprint density at radius 1 is 1.00 bits per heavy atom. The van der Waals surface area contributed by atoms with Crippen LogP contribution in [0.15, 0.2) is 66.7 Å². The third kappa shape index (κ3) is 5.55. The number of ether oxygens (including phenoxy) is 1. The first-order valence-corrected chi connectivity index (χ1v) is 13.6. The summed E-state index contributed by atoms with van der Waals surface area (Å²) in [7, 11) is -3.69. The van der Waals surface area contributed by atoms with Gasteiger partial charge in [0.25, 0.3) is 5.91 Å². The molecule has 0 aromatic heterocycles. The summed E-state index contributed by atoms with van der Waals surface area (Å²) in [4.78, 5) is 26.1. The molecule has 0 unspecified atom stereocenters. The van der Waals surface area contributed by atoms with Crippen molar-refractivity contribution in [1.82, 2.24) is 0 Å². The van der Waals surface area contributed by atoms with Crippen molar-refractivity contribution >= 4 is 44.7 Å². The first-order valence-electron chi connectivity index (χ1n) is 11.3. The van der Waals surface area contributed by atoms with Crippen LogP contribution in [0.3, 0.4) is 0 Å². The lowest BCUT2D eigenvalue weighted by Crippen LogP contribution is -2.48. The number of hydrogen-bond acceptors (Lipinski definition) is 5. The SMILES string of the molecule is CC(C)(C)c1ccc(C(=O)c2cccc(NC(=O)[C@@H]3CN(S(C)(=O)=O)c4cc(Cl)ccc4O3)c2)cc1. The number of carbonyl (C=O) groups is 2. The van der Waals surface area contributed by atoms with E-state index in [1.54, 1.807) is 42.5 Å². The first kappa shape index (κ1) is 25.7. The van der Waals surface area contributed by atoms with Crippen molar-refractivity contribution in [2.75, 3.05) is 22.4 Å². The predicted molar refractivity (Wildman–Crippen MR) is 142 cm³/mol. The topological polar surface area (TPSA) is 92.8 Å². The molecule has 1 heterocycles. The van der Waals surface area contributed by atoms with E-state index in [9.17, 15) is 18.0 Å². The molecule has 0 radical (unpaired) electrons. The van der Waals surface area contributed by atoms with E-state index in [0.717, 1.165) is 16.1 Å². The molecule has 0 fully saturated rings. The van der Waals surface area contributed by atoms with E-state index < -0.39 is 22.0 Å². The molecule has 36 heavy (non-hydrogen) atoms. The van der Waals surface area contributed by atoms with E-state index in [-0.39, 0.29) is 29.2 Å². The number of fused-ring (bicyclic) bond motifs is 1. The second-order valence-corrected chi connectivity index (χ2v) is 12.1. The van der Waals surface area contributed by atoms with E-state index >= 15 is 0 Å². The van der Waals surface area contributed by atoms with Crippen LogP contribution in [0.5, 0.6) is 5.75 Å². The predicted octanol–water partition coefficient (Wildman–Crippen LogP) is 5.03.